The zero-order valence-corrected chi connectivity index (χ0v) is 9.79. The van der Waals surface area contributed by atoms with E-state index in [-0.39, 0.29) is 5.91 Å². The van der Waals surface area contributed by atoms with E-state index in [0.717, 1.165) is 5.69 Å². The molecule has 1 aromatic heterocycles. The van der Waals surface area contributed by atoms with Crippen molar-refractivity contribution >= 4 is 17.3 Å². The zero-order valence-electron chi connectivity index (χ0n) is 9.79. The summed E-state index contributed by atoms with van der Waals surface area (Å²) in [5.74, 6) is -0.115. The third kappa shape index (κ3) is 2.13. The highest BCUT2D eigenvalue weighted by Gasteiger charge is 2.16. The summed E-state index contributed by atoms with van der Waals surface area (Å²) in [7, 11) is 3.50. The summed E-state index contributed by atoms with van der Waals surface area (Å²) in [5.41, 5.74) is 7.62. The lowest BCUT2D eigenvalue weighted by Crippen LogP contribution is -2.27. The largest absolute Gasteiger partial charge is 0.399 e. The molecule has 0 saturated carbocycles. The summed E-state index contributed by atoms with van der Waals surface area (Å²) in [6, 6.07) is 7.20. The normalized spacial score (nSPS) is 10.2. The van der Waals surface area contributed by atoms with Gasteiger partial charge < -0.3 is 15.2 Å². The molecular formula is C12H14N4O. The molecule has 0 saturated heterocycles. The van der Waals surface area contributed by atoms with Crippen LogP contribution in [0, 0.1) is 0 Å². The van der Waals surface area contributed by atoms with Gasteiger partial charge >= 0.3 is 0 Å². The molecule has 1 amide bonds. The van der Waals surface area contributed by atoms with Gasteiger partial charge in [0.2, 0.25) is 0 Å². The number of nitrogens with zero attached hydrogens (tertiary/aromatic N) is 3. The first kappa shape index (κ1) is 11.2. The molecule has 0 bridgehead atoms. The van der Waals surface area contributed by atoms with Crippen LogP contribution in [-0.2, 0) is 7.05 Å². The van der Waals surface area contributed by atoms with Gasteiger partial charge in [-0.2, -0.15) is 0 Å². The summed E-state index contributed by atoms with van der Waals surface area (Å²) in [6.07, 6.45) is 3.14. The molecule has 17 heavy (non-hydrogen) atoms. The van der Waals surface area contributed by atoms with Crippen molar-refractivity contribution in [1.29, 1.82) is 0 Å². The van der Waals surface area contributed by atoms with Crippen molar-refractivity contribution in [3.05, 3.63) is 42.5 Å². The highest BCUT2D eigenvalue weighted by Crippen LogP contribution is 2.17. The molecule has 2 rings (SSSR count). The van der Waals surface area contributed by atoms with Gasteiger partial charge in [0.15, 0.2) is 0 Å². The van der Waals surface area contributed by atoms with E-state index in [2.05, 4.69) is 4.98 Å². The number of carbonyl (C=O) groups excluding carboxylic acids is 1. The number of carbonyl (C=O) groups is 1. The van der Waals surface area contributed by atoms with E-state index in [1.54, 1.807) is 48.2 Å². The molecule has 0 spiro atoms. The summed E-state index contributed by atoms with van der Waals surface area (Å²) in [5, 5.41) is 0. The minimum Gasteiger partial charge on any atom is -0.399 e. The summed E-state index contributed by atoms with van der Waals surface area (Å²) in [6.45, 7) is 0. The number of aromatic nitrogens is 2. The molecule has 0 atom stereocenters. The Balaban J connectivity index is 2.30. The van der Waals surface area contributed by atoms with Crippen molar-refractivity contribution in [2.75, 3.05) is 17.7 Å². The molecule has 5 heteroatoms. The standard InChI is InChI=1S/C12H14N4O/c1-15-8-14-7-11(15)12(17)16(2)10-5-3-4-9(13)6-10/h3-8H,13H2,1-2H3. The third-order valence-electron chi connectivity index (χ3n) is 2.60. The smallest absolute Gasteiger partial charge is 0.276 e. The molecular weight excluding hydrogens is 216 g/mol. The second-order valence-electron chi connectivity index (χ2n) is 3.85. The van der Waals surface area contributed by atoms with Crippen LogP contribution in [-0.4, -0.2) is 22.5 Å². The lowest BCUT2D eigenvalue weighted by atomic mass is 10.2. The molecule has 0 radical (unpaired) electrons. The predicted molar refractivity (Wildman–Crippen MR) is 66.8 cm³/mol. The number of hydrogen-bond donors (Lipinski definition) is 1. The summed E-state index contributed by atoms with van der Waals surface area (Å²) < 4.78 is 1.69. The number of rotatable bonds is 2. The van der Waals surface area contributed by atoms with Crippen LogP contribution in [0.1, 0.15) is 10.5 Å². The molecule has 0 fully saturated rings. The van der Waals surface area contributed by atoms with Crippen LogP contribution in [0.25, 0.3) is 0 Å². The maximum Gasteiger partial charge on any atom is 0.276 e. The van der Waals surface area contributed by atoms with Gasteiger partial charge in [-0.15, -0.1) is 0 Å². The Morgan fingerprint density at radius 2 is 2.24 bits per heavy atom. The number of nitrogens with two attached hydrogens (primary N) is 1. The van der Waals surface area contributed by atoms with Gasteiger partial charge in [0.1, 0.15) is 5.69 Å². The minimum atomic E-state index is -0.115. The monoisotopic (exact) mass is 230 g/mol. The number of nitrogen functional groups attached to an aromatic ring is 1. The molecule has 1 heterocycles. The van der Waals surface area contributed by atoms with Crippen LogP contribution in [0.15, 0.2) is 36.8 Å². The SMILES string of the molecule is CN(C(=O)c1cncn1C)c1cccc(N)c1. The number of benzene rings is 1. The molecule has 5 nitrogen and oxygen atoms in total. The quantitative estimate of drug-likeness (QED) is 0.790. The lowest BCUT2D eigenvalue weighted by Gasteiger charge is -2.17. The molecule has 0 aliphatic heterocycles. The predicted octanol–water partition coefficient (Wildman–Crippen LogP) is 1.28. The second-order valence-corrected chi connectivity index (χ2v) is 3.85. The summed E-state index contributed by atoms with van der Waals surface area (Å²) in [4.78, 5) is 17.6. The number of imidazole rings is 1. The van der Waals surface area contributed by atoms with Crippen molar-refractivity contribution in [1.82, 2.24) is 9.55 Å². The van der Waals surface area contributed by atoms with Crippen molar-refractivity contribution in [2.45, 2.75) is 0 Å². The Hall–Kier alpha value is -2.30. The number of amides is 1. The fourth-order valence-electron chi connectivity index (χ4n) is 1.59. The average Bonchev–Trinajstić information content (AvgIpc) is 2.73. The van der Waals surface area contributed by atoms with Gasteiger partial charge in [-0.3, -0.25) is 4.79 Å². The van der Waals surface area contributed by atoms with Crippen LogP contribution < -0.4 is 10.6 Å². The van der Waals surface area contributed by atoms with Crippen LogP contribution >= 0.6 is 0 Å². The number of aryl methyl sites for hydroxylation is 1. The van der Waals surface area contributed by atoms with E-state index in [9.17, 15) is 4.79 Å². The second kappa shape index (κ2) is 4.29. The molecule has 0 aliphatic carbocycles. The maximum absolute atomic E-state index is 12.2. The van der Waals surface area contributed by atoms with E-state index in [0.29, 0.717) is 11.4 Å². The highest BCUT2D eigenvalue weighted by molar-refractivity contribution is 6.04. The van der Waals surface area contributed by atoms with Crippen molar-refractivity contribution in [3.8, 4) is 0 Å². The molecule has 2 aromatic rings. The Morgan fingerprint density at radius 1 is 1.47 bits per heavy atom. The molecule has 88 valence electrons. The van der Waals surface area contributed by atoms with Crippen LogP contribution in [0.5, 0.6) is 0 Å². The molecule has 0 unspecified atom stereocenters. The van der Waals surface area contributed by atoms with Gasteiger partial charge in [0, 0.05) is 25.5 Å². The Bertz CT molecular complexity index is 547. The van der Waals surface area contributed by atoms with Crippen LogP contribution in [0.4, 0.5) is 11.4 Å². The van der Waals surface area contributed by atoms with Crippen molar-refractivity contribution in [2.24, 2.45) is 7.05 Å². The third-order valence-corrected chi connectivity index (χ3v) is 2.60. The van der Waals surface area contributed by atoms with E-state index >= 15 is 0 Å². The topological polar surface area (TPSA) is 64.2 Å². The lowest BCUT2D eigenvalue weighted by molar-refractivity contribution is 0.0985. The fourth-order valence-corrected chi connectivity index (χ4v) is 1.59. The van der Waals surface area contributed by atoms with E-state index in [4.69, 9.17) is 5.73 Å². The highest BCUT2D eigenvalue weighted by atomic mass is 16.2. The zero-order chi connectivity index (χ0) is 12.4. The van der Waals surface area contributed by atoms with Crippen molar-refractivity contribution in [3.63, 3.8) is 0 Å². The Morgan fingerprint density at radius 3 is 2.82 bits per heavy atom. The van der Waals surface area contributed by atoms with Crippen LogP contribution in [0.2, 0.25) is 0 Å². The van der Waals surface area contributed by atoms with Gasteiger partial charge in [0.05, 0.1) is 12.5 Å². The maximum atomic E-state index is 12.2. The van der Waals surface area contributed by atoms with E-state index in [1.165, 1.54) is 0 Å². The first-order valence-electron chi connectivity index (χ1n) is 5.19. The van der Waals surface area contributed by atoms with Gasteiger partial charge in [-0.1, -0.05) is 6.07 Å². The fraction of sp³-hybridized carbons (Fsp3) is 0.167. The average molecular weight is 230 g/mol. The Kier molecular flexibility index (Phi) is 2.82. The first-order chi connectivity index (χ1) is 8.09. The van der Waals surface area contributed by atoms with Crippen molar-refractivity contribution < 1.29 is 4.79 Å². The van der Waals surface area contributed by atoms with Gasteiger partial charge in [-0.05, 0) is 18.2 Å². The van der Waals surface area contributed by atoms with Crippen LogP contribution in [0.3, 0.4) is 0 Å². The van der Waals surface area contributed by atoms with Gasteiger partial charge in [0.25, 0.3) is 5.91 Å². The summed E-state index contributed by atoms with van der Waals surface area (Å²) >= 11 is 0. The molecule has 0 aliphatic rings. The first-order valence-corrected chi connectivity index (χ1v) is 5.19. The Labute approximate surface area is 99.5 Å². The number of hydrogen-bond acceptors (Lipinski definition) is 3. The number of anilines is 2. The van der Waals surface area contributed by atoms with Gasteiger partial charge in [-0.25, -0.2) is 4.98 Å². The molecule has 2 N–H and O–H groups in total. The van der Waals surface area contributed by atoms with E-state index in [1.807, 2.05) is 12.1 Å². The molecule has 1 aromatic carbocycles. The van der Waals surface area contributed by atoms with E-state index < -0.39 is 0 Å². The minimum absolute atomic E-state index is 0.115.